The third kappa shape index (κ3) is 4.33. The number of carboxylic acids is 1. The van der Waals surface area contributed by atoms with Crippen molar-refractivity contribution < 1.29 is 33.7 Å². The second-order valence-corrected chi connectivity index (χ2v) is 10.3. The third-order valence-electron chi connectivity index (χ3n) is 7.66. The van der Waals surface area contributed by atoms with Gasteiger partial charge in [0.1, 0.15) is 24.6 Å². The van der Waals surface area contributed by atoms with Crippen molar-refractivity contribution in [2.45, 2.75) is 68.6 Å². The van der Waals surface area contributed by atoms with E-state index in [4.69, 9.17) is 14.2 Å². The van der Waals surface area contributed by atoms with Gasteiger partial charge in [0.05, 0.1) is 6.33 Å². The molecule has 4 aliphatic rings. The summed E-state index contributed by atoms with van der Waals surface area (Å²) in [7, 11) is 0. The Morgan fingerprint density at radius 1 is 0.975 bits per heavy atom. The van der Waals surface area contributed by atoms with Crippen LogP contribution in [0, 0.1) is 0 Å². The number of anilines is 1. The molecule has 5 heterocycles. The lowest BCUT2D eigenvalue weighted by atomic mass is 10.1. The maximum Gasteiger partial charge on any atom is 0.326 e. The summed E-state index contributed by atoms with van der Waals surface area (Å²) in [4.78, 5) is 52.2. The predicted molar refractivity (Wildman–Crippen MR) is 136 cm³/mol. The number of aromatic nitrogens is 4. The van der Waals surface area contributed by atoms with Crippen molar-refractivity contribution in [3.63, 3.8) is 0 Å². The van der Waals surface area contributed by atoms with E-state index in [9.17, 15) is 19.5 Å². The van der Waals surface area contributed by atoms with Crippen LogP contribution in [0.3, 0.4) is 0 Å². The van der Waals surface area contributed by atoms with Crippen LogP contribution in [0.15, 0.2) is 43.0 Å². The van der Waals surface area contributed by atoms with E-state index in [1.807, 2.05) is 30.3 Å². The van der Waals surface area contributed by atoms with Crippen molar-refractivity contribution in [3.05, 3.63) is 48.5 Å². The molecule has 14 nitrogen and oxygen atoms in total. The Morgan fingerprint density at radius 2 is 1.77 bits per heavy atom. The van der Waals surface area contributed by atoms with Gasteiger partial charge in [0.25, 0.3) is 5.91 Å². The Kier molecular flexibility index (Phi) is 6.09. The number of carbonyl (C=O) groups is 3. The molecule has 3 aliphatic heterocycles. The van der Waals surface area contributed by atoms with Crippen LogP contribution in [0.5, 0.6) is 0 Å². The van der Waals surface area contributed by atoms with Crippen molar-refractivity contribution in [2.75, 3.05) is 11.9 Å². The number of aliphatic carboxylic acids is 1. The topological polar surface area (TPSA) is 170 Å². The number of hydrogen-bond acceptors (Lipinski definition) is 9. The summed E-state index contributed by atoms with van der Waals surface area (Å²) in [5.41, 5.74) is 1.48. The highest BCUT2D eigenvalue weighted by atomic mass is 16.8. The second-order valence-electron chi connectivity index (χ2n) is 10.3. The first-order valence-electron chi connectivity index (χ1n) is 13.3. The van der Waals surface area contributed by atoms with E-state index in [1.165, 1.54) is 17.6 Å². The highest BCUT2D eigenvalue weighted by Crippen LogP contribution is 2.45. The van der Waals surface area contributed by atoms with Crippen LogP contribution in [0.2, 0.25) is 0 Å². The van der Waals surface area contributed by atoms with Crippen molar-refractivity contribution in [1.82, 2.24) is 29.7 Å². The number of urea groups is 1. The van der Waals surface area contributed by atoms with E-state index in [0.29, 0.717) is 30.6 Å². The molecule has 0 bridgehead atoms. The molecule has 6 atom stereocenters. The quantitative estimate of drug-likeness (QED) is 0.410. The van der Waals surface area contributed by atoms with Crippen LogP contribution in [-0.4, -0.2) is 84.4 Å². The fourth-order valence-corrected chi connectivity index (χ4v) is 5.58. The smallest absolute Gasteiger partial charge is 0.326 e. The molecule has 7 rings (SSSR count). The van der Waals surface area contributed by atoms with Crippen molar-refractivity contribution in [3.8, 4) is 0 Å². The zero-order valence-electron chi connectivity index (χ0n) is 21.3. The molecule has 3 N–H and O–H groups in total. The van der Waals surface area contributed by atoms with Gasteiger partial charge < -0.3 is 29.5 Å². The number of carboxylic acid groups (broad SMARTS) is 1. The van der Waals surface area contributed by atoms with E-state index < -0.39 is 48.7 Å². The van der Waals surface area contributed by atoms with Crippen LogP contribution in [-0.2, 0) is 23.8 Å². The van der Waals surface area contributed by atoms with Gasteiger partial charge in [0.2, 0.25) is 0 Å². The molecule has 208 valence electrons. The standard InChI is InChI=1S/C26H27N7O7/c34-22(32-10-4-7-15(32)24(35)36)18-17-19(40-25(39-17)13-5-2-1-3-6-13)23(38-18)33-12-29-16-20(27-11-28-21(16)33)31-26(37)30-14-8-9-14/h1-3,5-6,11-12,14-15,17-19,23,25H,4,7-10H2,(H,35,36)(H2,27,28,30,31,37)/t15-,17?,18?,19?,23?,25-/m0/s1. The zero-order chi connectivity index (χ0) is 27.4. The third-order valence-corrected chi connectivity index (χ3v) is 7.66. The van der Waals surface area contributed by atoms with Gasteiger partial charge in [-0.3, -0.25) is 14.7 Å². The van der Waals surface area contributed by atoms with Gasteiger partial charge in [0.15, 0.2) is 35.6 Å². The minimum Gasteiger partial charge on any atom is -0.480 e. The minimum atomic E-state index is -1.11. The van der Waals surface area contributed by atoms with Crippen LogP contribution < -0.4 is 10.6 Å². The van der Waals surface area contributed by atoms with Crippen LogP contribution in [0.1, 0.15) is 43.8 Å². The van der Waals surface area contributed by atoms with E-state index in [1.54, 1.807) is 4.57 Å². The van der Waals surface area contributed by atoms with E-state index in [2.05, 4.69) is 25.6 Å². The Bertz CT molecular complexity index is 1460. The highest BCUT2D eigenvalue weighted by molar-refractivity contribution is 5.96. The first kappa shape index (κ1) is 24.9. The largest absolute Gasteiger partial charge is 0.480 e. The number of ether oxygens (including phenoxy) is 3. The Balaban J connectivity index is 1.21. The van der Waals surface area contributed by atoms with Gasteiger partial charge in [-0.15, -0.1) is 0 Å². The summed E-state index contributed by atoms with van der Waals surface area (Å²) >= 11 is 0. The molecule has 3 saturated heterocycles. The van der Waals surface area contributed by atoms with Crippen molar-refractivity contribution in [2.24, 2.45) is 0 Å². The van der Waals surface area contributed by atoms with Crippen LogP contribution >= 0.6 is 0 Å². The number of nitrogens with zero attached hydrogens (tertiary/aromatic N) is 5. The van der Waals surface area contributed by atoms with Gasteiger partial charge in [-0.05, 0) is 25.7 Å². The Morgan fingerprint density at radius 3 is 2.55 bits per heavy atom. The number of amides is 3. The maximum atomic E-state index is 13.7. The molecule has 14 heteroatoms. The van der Waals surface area contributed by atoms with E-state index in [-0.39, 0.29) is 17.9 Å². The number of nitrogens with one attached hydrogen (secondary N) is 2. The van der Waals surface area contributed by atoms with Crippen LogP contribution in [0.4, 0.5) is 10.6 Å². The van der Waals surface area contributed by atoms with Gasteiger partial charge >= 0.3 is 12.0 Å². The number of hydrogen-bond donors (Lipinski definition) is 3. The normalized spacial score (nSPS) is 29.4. The van der Waals surface area contributed by atoms with Crippen molar-refractivity contribution >= 4 is 34.9 Å². The van der Waals surface area contributed by atoms with Gasteiger partial charge in [-0.2, -0.15) is 0 Å². The molecule has 1 saturated carbocycles. The SMILES string of the molecule is O=C(Nc1ncnc2c1ncn2C1OC(C(=O)N2CCC[C@H]2C(=O)O)C2O[C@H](c3ccccc3)OC21)NC1CC1. The molecule has 1 aliphatic carbocycles. The molecule has 3 amide bonds. The summed E-state index contributed by atoms with van der Waals surface area (Å²) in [5, 5.41) is 15.2. The monoisotopic (exact) mass is 549 g/mol. The molecule has 2 aromatic heterocycles. The number of carbonyl (C=O) groups excluding carboxylic acids is 2. The number of fused-ring (bicyclic) bond motifs is 2. The lowest BCUT2D eigenvalue weighted by Crippen LogP contribution is -2.49. The number of imidazole rings is 1. The number of likely N-dealkylation sites (tertiary alicyclic amines) is 1. The summed E-state index contributed by atoms with van der Waals surface area (Å²) in [6.45, 7) is 0.319. The molecule has 4 fully saturated rings. The lowest BCUT2D eigenvalue weighted by molar-refractivity contribution is -0.171. The summed E-state index contributed by atoms with van der Waals surface area (Å²) in [6.07, 6.45) is 1.39. The molecule has 4 unspecified atom stereocenters. The predicted octanol–water partition coefficient (Wildman–Crippen LogP) is 1.57. The van der Waals surface area contributed by atoms with Gasteiger partial charge in [-0.1, -0.05) is 30.3 Å². The van der Waals surface area contributed by atoms with Crippen molar-refractivity contribution in [1.29, 1.82) is 0 Å². The highest BCUT2D eigenvalue weighted by Gasteiger charge is 2.58. The maximum absolute atomic E-state index is 13.7. The average molecular weight is 550 g/mol. The molecular weight excluding hydrogens is 522 g/mol. The number of rotatable bonds is 6. The molecule has 40 heavy (non-hydrogen) atoms. The fraction of sp³-hybridized carbons (Fsp3) is 0.462. The minimum absolute atomic E-state index is 0.168. The zero-order valence-corrected chi connectivity index (χ0v) is 21.3. The molecule has 1 aromatic carbocycles. The average Bonchev–Trinajstić information content (AvgIpc) is 3.36. The molecular formula is C26H27N7O7. The fourth-order valence-electron chi connectivity index (χ4n) is 5.58. The Hall–Kier alpha value is -4.14. The Labute approximate surface area is 227 Å². The second kappa shape index (κ2) is 9.80. The molecule has 0 radical (unpaired) electrons. The number of benzene rings is 1. The lowest BCUT2D eigenvalue weighted by Gasteiger charge is -2.27. The molecule has 3 aromatic rings. The van der Waals surface area contributed by atoms with E-state index >= 15 is 0 Å². The van der Waals surface area contributed by atoms with Gasteiger partial charge in [0, 0.05) is 18.2 Å². The first-order chi connectivity index (χ1) is 19.5. The van der Waals surface area contributed by atoms with Crippen LogP contribution in [0.25, 0.3) is 11.2 Å². The summed E-state index contributed by atoms with van der Waals surface area (Å²) in [6, 6.07) is 8.21. The van der Waals surface area contributed by atoms with Gasteiger partial charge in [-0.25, -0.2) is 24.5 Å². The first-order valence-corrected chi connectivity index (χ1v) is 13.3. The summed E-state index contributed by atoms with van der Waals surface area (Å²) in [5.74, 6) is -1.28. The molecule has 0 spiro atoms. The summed E-state index contributed by atoms with van der Waals surface area (Å²) < 4.78 is 20.5. The van der Waals surface area contributed by atoms with E-state index in [0.717, 1.165) is 18.4 Å².